The molecule has 0 aliphatic carbocycles. The molecule has 29 heavy (non-hydrogen) atoms. The Morgan fingerprint density at radius 2 is 1.83 bits per heavy atom. The summed E-state index contributed by atoms with van der Waals surface area (Å²) in [6.45, 7) is 2.98. The van der Waals surface area contributed by atoms with Gasteiger partial charge in [0.1, 0.15) is 5.82 Å². The first-order valence-electron chi connectivity index (χ1n) is 10.3. The fourth-order valence-electron chi connectivity index (χ4n) is 4.35. The average Bonchev–Trinajstić information content (AvgIpc) is 3.22. The van der Waals surface area contributed by atoms with Gasteiger partial charge in [0.25, 0.3) is 0 Å². The number of aliphatic hydroxyl groups is 1. The van der Waals surface area contributed by atoms with Crippen LogP contribution in [0.1, 0.15) is 30.4 Å². The Labute approximate surface area is 171 Å². The van der Waals surface area contributed by atoms with E-state index in [0.717, 1.165) is 56.6 Å². The van der Waals surface area contributed by atoms with E-state index in [1.54, 1.807) is 16.8 Å². The molecule has 0 saturated carbocycles. The van der Waals surface area contributed by atoms with Crippen LogP contribution >= 0.6 is 0 Å². The molecule has 2 aromatic carbocycles. The normalized spacial score (nSPS) is 20.1. The molecule has 4 nitrogen and oxygen atoms in total. The van der Waals surface area contributed by atoms with Crippen molar-refractivity contribution in [1.29, 1.82) is 0 Å². The van der Waals surface area contributed by atoms with Gasteiger partial charge in [0.2, 0.25) is 0 Å². The van der Waals surface area contributed by atoms with E-state index in [4.69, 9.17) is 0 Å². The van der Waals surface area contributed by atoms with Crippen LogP contribution in [0.25, 0.3) is 5.69 Å². The Balaban J connectivity index is 1.39. The summed E-state index contributed by atoms with van der Waals surface area (Å²) < 4.78 is 14.9. The number of piperidine rings is 1. The SMILES string of the molecule is OCC1(CCc2ccccc2)CCCN(Cc2cnn(-c3ccc(F)cc3)c2)C1. The highest BCUT2D eigenvalue weighted by Crippen LogP contribution is 2.35. The lowest BCUT2D eigenvalue weighted by molar-refractivity contribution is 0.0224. The van der Waals surface area contributed by atoms with Gasteiger partial charge in [-0.3, -0.25) is 4.90 Å². The van der Waals surface area contributed by atoms with Crippen LogP contribution in [0.4, 0.5) is 4.39 Å². The summed E-state index contributed by atoms with van der Waals surface area (Å²) in [5.41, 5.74) is 3.27. The van der Waals surface area contributed by atoms with Crippen LogP contribution < -0.4 is 0 Å². The van der Waals surface area contributed by atoms with Crippen LogP contribution in [0.2, 0.25) is 0 Å². The maximum atomic E-state index is 13.1. The van der Waals surface area contributed by atoms with E-state index in [2.05, 4.69) is 34.3 Å². The third-order valence-corrected chi connectivity index (χ3v) is 6.00. The number of nitrogens with zero attached hydrogens (tertiary/aromatic N) is 3. The Hall–Kier alpha value is -2.50. The highest BCUT2D eigenvalue weighted by atomic mass is 19.1. The minimum Gasteiger partial charge on any atom is -0.396 e. The zero-order chi connectivity index (χ0) is 20.1. The van der Waals surface area contributed by atoms with E-state index >= 15 is 0 Å². The van der Waals surface area contributed by atoms with Gasteiger partial charge < -0.3 is 5.11 Å². The van der Waals surface area contributed by atoms with Crippen molar-refractivity contribution >= 4 is 0 Å². The molecule has 0 radical (unpaired) electrons. The Morgan fingerprint density at radius 1 is 1.03 bits per heavy atom. The van der Waals surface area contributed by atoms with Crippen LogP contribution in [0.15, 0.2) is 67.0 Å². The zero-order valence-corrected chi connectivity index (χ0v) is 16.7. The summed E-state index contributed by atoms with van der Waals surface area (Å²) in [5.74, 6) is -0.245. The van der Waals surface area contributed by atoms with Crippen molar-refractivity contribution in [3.8, 4) is 5.69 Å². The minimum absolute atomic E-state index is 0.0406. The lowest BCUT2D eigenvalue weighted by Gasteiger charge is -2.42. The van der Waals surface area contributed by atoms with Gasteiger partial charge in [-0.2, -0.15) is 5.10 Å². The number of hydrogen-bond acceptors (Lipinski definition) is 3. The highest BCUT2D eigenvalue weighted by Gasteiger charge is 2.34. The van der Waals surface area contributed by atoms with Crippen molar-refractivity contribution < 1.29 is 9.50 Å². The summed E-state index contributed by atoms with van der Waals surface area (Å²) in [4.78, 5) is 2.43. The van der Waals surface area contributed by atoms with Gasteiger partial charge in [-0.15, -0.1) is 0 Å². The second-order valence-corrected chi connectivity index (χ2v) is 8.23. The van der Waals surface area contributed by atoms with Crippen molar-refractivity contribution in [1.82, 2.24) is 14.7 Å². The molecular weight excluding hydrogens is 365 g/mol. The molecule has 1 N–H and O–H groups in total. The van der Waals surface area contributed by atoms with Crippen LogP contribution in [-0.2, 0) is 13.0 Å². The van der Waals surface area contributed by atoms with Crippen molar-refractivity contribution in [2.75, 3.05) is 19.7 Å². The maximum Gasteiger partial charge on any atom is 0.123 e. The molecule has 0 amide bonds. The first-order valence-corrected chi connectivity index (χ1v) is 10.3. The molecule has 1 unspecified atom stereocenters. The van der Waals surface area contributed by atoms with Crippen molar-refractivity contribution in [2.24, 2.45) is 5.41 Å². The van der Waals surface area contributed by atoms with E-state index in [1.165, 1.54) is 17.7 Å². The van der Waals surface area contributed by atoms with Crippen LogP contribution in [-0.4, -0.2) is 39.5 Å². The Bertz CT molecular complexity index is 909. The predicted molar refractivity (Wildman–Crippen MR) is 112 cm³/mol. The molecule has 4 rings (SSSR count). The molecule has 1 fully saturated rings. The number of hydrogen-bond donors (Lipinski definition) is 1. The third kappa shape index (κ3) is 4.92. The summed E-state index contributed by atoms with van der Waals surface area (Å²) in [6, 6.07) is 16.9. The van der Waals surface area contributed by atoms with Gasteiger partial charge in [-0.05, 0) is 62.1 Å². The maximum absolute atomic E-state index is 13.1. The van der Waals surface area contributed by atoms with Gasteiger partial charge in [-0.25, -0.2) is 9.07 Å². The van der Waals surface area contributed by atoms with Crippen molar-refractivity contribution in [3.05, 3.63) is 83.9 Å². The predicted octanol–water partition coefficient (Wildman–Crippen LogP) is 4.22. The van der Waals surface area contributed by atoms with Gasteiger partial charge in [0, 0.05) is 36.9 Å². The Morgan fingerprint density at radius 3 is 2.59 bits per heavy atom. The number of aromatic nitrogens is 2. The second-order valence-electron chi connectivity index (χ2n) is 8.23. The topological polar surface area (TPSA) is 41.3 Å². The summed E-state index contributed by atoms with van der Waals surface area (Å²) >= 11 is 0. The van der Waals surface area contributed by atoms with Gasteiger partial charge in [-0.1, -0.05) is 30.3 Å². The number of benzene rings is 2. The fraction of sp³-hybridized carbons (Fsp3) is 0.375. The third-order valence-electron chi connectivity index (χ3n) is 6.00. The average molecular weight is 394 g/mol. The summed E-state index contributed by atoms with van der Waals surface area (Å²) in [5, 5.41) is 14.6. The molecule has 3 aromatic rings. The molecule has 2 heterocycles. The standard InChI is InChI=1S/C24H28FN3O/c25-22-7-9-23(10-8-22)28-17-21(15-26-28)16-27-14-4-12-24(18-27,19-29)13-11-20-5-2-1-3-6-20/h1-3,5-10,15,17,29H,4,11-14,16,18-19H2. The molecule has 152 valence electrons. The molecule has 5 heteroatoms. The number of rotatable bonds is 7. The van der Waals surface area contributed by atoms with Crippen LogP contribution in [0.5, 0.6) is 0 Å². The molecule has 1 atom stereocenters. The second kappa shape index (κ2) is 8.89. The highest BCUT2D eigenvalue weighted by molar-refractivity contribution is 5.31. The van der Waals surface area contributed by atoms with E-state index in [9.17, 15) is 9.50 Å². The van der Waals surface area contributed by atoms with Crippen LogP contribution in [0.3, 0.4) is 0 Å². The monoisotopic (exact) mass is 393 g/mol. The van der Waals surface area contributed by atoms with Crippen molar-refractivity contribution in [2.45, 2.75) is 32.2 Å². The van der Waals surface area contributed by atoms with E-state index in [1.807, 2.05) is 18.5 Å². The smallest absolute Gasteiger partial charge is 0.123 e. The minimum atomic E-state index is -0.245. The molecule has 1 saturated heterocycles. The van der Waals surface area contributed by atoms with E-state index in [-0.39, 0.29) is 17.8 Å². The largest absolute Gasteiger partial charge is 0.396 e. The fourth-order valence-corrected chi connectivity index (χ4v) is 4.35. The zero-order valence-electron chi connectivity index (χ0n) is 16.7. The van der Waals surface area contributed by atoms with Gasteiger partial charge in [0.15, 0.2) is 0 Å². The quantitative estimate of drug-likeness (QED) is 0.653. The Kier molecular flexibility index (Phi) is 6.07. The molecule has 1 aliphatic rings. The summed E-state index contributed by atoms with van der Waals surface area (Å²) in [7, 11) is 0. The molecule has 1 aromatic heterocycles. The van der Waals surface area contributed by atoms with Crippen LogP contribution in [0, 0.1) is 11.2 Å². The first-order chi connectivity index (χ1) is 14.2. The van der Waals surface area contributed by atoms with E-state index in [0.29, 0.717) is 0 Å². The number of aliphatic hydroxyl groups excluding tert-OH is 1. The first kappa shape index (κ1) is 19.8. The van der Waals surface area contributed by atoms with E-state index < -0.39 is 0 Å². The lowest BCUT2D eigenvalue weighted by Crippen LogP contribution is -2.45. The summed E-state index contributed by atoms with van der Waals surface area (Å²) in [6.07, 6.45) is 8.05. The number of likely N-dealkylation sites (tertiary alicyclic amines) is 1. The molecule has 0 spiro atoms. The number of aryl methyl sites for hydroxylation is 1. The molecule has 0 bridgehead atoms. The van der Waals surface area contributed by atoms with Crippen molar-refractivity contribution in [3.63, 3.8) is 0 Å². The lowest BCUT2D eigenvalue weighted by atomic mass is 9.76. The number of halogens is 1. The van der Waals surface area contributed by atoms with Gasteiger partial charge >= 0.3 is 0 Å². The molecule has 1 aliphatic heterocycles. The van der Waals surface area contributed by atoms with Gasteiger partial charge in [0.05, 0.1) is 11.9 Å². The molecular formula is C24H28FN3O.